The normalized spacial score (nSPS) is 22.0. The number of carbonyl (C=O) groups is 1. The largest absolute Gasteiger partial charge is 0.325 e. The zero-order chi connectivity index (χ0) is 15.4. The van der Waals surface area contributed by atoms with Crippen LogP contribution in [0.4, 0.5) is 5.69 Å². The van der Waals surface area contributed by atoms with Gasteiger partial charge in [0.15, 0.2) is 0 Å². The maximum absolute atomic E-state index is 12.0. The van der Waals surface area contributed by atoms with Crippen LogP contribution in [0.15, 0.2) is 18.2 Å². The molecular weight excluding hydrogens is 345 g/mol. The summed E-state index contributed by atoms with van der Waals surface area (Å²) < 4.78 is 0. The number of nitrogens with zero attached hydrogens (tertiary/aromatic N) is 1. The fraction of sp³-hybridized carbons (Fsp3) is 0.533. The summed E-state index contributed by atoms with van der Waals surface area (Å²) in [6, 6.07) is 5.96. The van der Waals surface area contributed by atoms with Crippen molar-refractivity contribution in [3.05, 3.63) is 28.2 Å². The number of rotatable bonds is 4. The van der Waals surface area contributed by atoms with Gasteiger partial charge in [0.2, 0.25) is 5.91 Å². The lowest BCUT2D eigenvalue weighted by molar-refractivity contribution is -0.116. The maximum atomic E-state index is 12.0. The minimum atomic E-state index is -0.0435. The lowest BCUT2D eigenvalue weighted by Crippen LogP contribution is -2.54. The Bertz CT molecular complexity index is 503. The number of nitrogens with one attached hydrogen (secondary N) is 2. The van der Waals surface area contributed by atoms with Crippen LogP contribution in [0.25, 0.3) is 0 Å². The molecule has 1 heterocycles. The summed E-state index contributed by atoms with van der Waals surface area (Å²) in [6.07, 6.45) is 0.447. The van der Waals surface area contributed by atoms with Gasteiger partial charge < -0.3 is 10.6 Å². The maximum Gasteiger partial charge on any atom is 0.225 e. The fourth-order valence-electron chi connectivity index (χ4n) is 2.69. The van der Waals surface area contributed by atoms with Crippen molar-refractivity contribution in [3.8, 4) is 0 Å². The number of carbonyl (C=O) groups excluding carboxylic acids is 1. The summed E-state index contributed by atoms with van der Waals surface area (Å²) in [6.45, 7) is 7.01. The van der Waals surface area contributed by atoms with Gasteiger partial charge in [0.05, 0.1) is 10.7 Å². The Labute approximate surface area is 147 Å². The molecule has 1 fully saturated rings. The van der Waals surface area contributed by atoms with E-state index in [4.69, 9.17) is 23.2 Å². The molecule has 2 N–H and O–H groups in total. The van der Waals surface area contributed by atoms with Gasteiger partial charge in [-0.2, -0.15) is 0 Å². The van der Waals surface area contributed by atoms with E-state index in [1.807, 2.05) is 0 Å². The first-order valence-electron chi connectivity index (χ1n) is 7.17. The Kier molecular flexibility index (Phi) is 7.94. The second-order valence-electron chi connectivity index (χ2n) is 5.65. The molecule has 1 saturated heterocycles. The van der Waals surface area contributed by atoms with Crippen molar-refractivity contribution in [2.24, 2.45) is 0 Å². The van der Waals surface area contributed by atoms with E-state index in [-0.39, 0.29) is 18.3 Å². The highest BCUT2D eigenvalue weighted by atomic mass is 35.5. The first-order chi connectivity index (χ1) is 9.94. The van der Waals surface area contributed by atoms with Crippen molar-refractivity contribution < 1.29 is 4.79 Å². The second kappa shape index (κ2) is 8.94. The molecule has 22 heavy (non-hydrogen) atoms. The molecule has 0 aliphatic carbocycles. The van der Waals surface area contributed by atoms with Crippen molar-refractivity contribution in [1.29, 1.82) is 0 Å². The summed E-state index contributed by atoms with van der Waals surface area (Å²) in [5.41, 5.74) is 0.566. The summed E-state index contributed by atoms with van der Waals surface area (Å²) in [4.78, 5) is 14.3. The SMILES string of the molecule is CC1CN(CCC(=O)Nc2cc(Cl)ccc2Cl)CC(C)N1.Cl. The van der Waals surface area contributed by atoms with Gasteiger partial charge >= 0.3 is 0 Å². The third-order valence-electron chi connectivity index (χ3n) is 3.49. The van der Waals surface area contributed by atoms with E-state index in [2.05, 4.69) is 29.4 Å². The molecule has 1 aromatic rings. The van der Waals surface area contributed by atoms with Crippen LogP contribution in [0, 0.1) is 0 Å². The second-order valence-corrected chi connectivity index (χ2v) is 6.49. The average Bonchev–Trinajstić information content (AvgIpc) is 2.40. The molecule has 0 aromatic heterocycles. The number of amides is 1. The van der Waals surface area contributed by atoms with Crippen LogP contribution in [-0.2, 0) is 4.79 Å². The Balaban J connectivity index is 0.00000242. The minimum Gasteiger partial charge on any atom is -0.325 e. The Morgan fingerprint density at radius 3 is 2.59 bits per heavy atom. The predicted molar refractivity (Wildman–Crippen MR) is 95.5 cm³/mol. The monoisotopic (exact) mass is 365 g/mol. The van der Waals surface area contributed by atoms with Gasteiger partial charge in [-0.3, -0.25) is 9.69 Å². The Morgan fingerprint density at radius 1 is 1.32 bits per heavy atom. The predicted octanol–water partition coefficient (Wildman–Crippen LogP) is 3.43. The molecule has 1 amide bonds. The third-order valence-corrected chi connectivity index (χ3v) is 4.06. The Hall–Kier alpha value is -0.520. The lowest BCUT2D eigenvalue weighted by atomic mass is 10.1. The molecule has 0 saturated carbocycles. The number of hydrogen-bond acceptors (Lipinski definition) is 3. The molecule has 1 aliphatic heterocycles. The van der Waals surface area contributed by atoms with Crippen molar-refractivity contribution in [3.63, 3.8) is 0 Å². The van der Waals surface area contributed by atoms with Crippen LogP contribution in [-0.4, -0.2) is 42.5 Å². The van der Waals surface area contributed by atoms with Gasteiger partial charge in [-0.05, 0) is 32.0 Å². The number of anilines is 1. The average molecular weight is 367 g/mol. The summed E-state index contributed by atoms with van der Waals surface area (Å²) >= 11 is 11.9. The number of halogens is 3. The van der Waals surface area contributed by atoms with Gasteiger partial charge in [0.1, 0.15) is 0 Å². The zero-order valence-electron chi connectivity index (χ0n) is 12.7. The number of piperazine rings is 1. The highest BCUT2D eigenvalue weighted by Gasteiger charge is 2.21. The van der Waals surface area contributed by atoms with Crippen LogP contribution < -0.4 is 10.6 Å². The van der Waals surface area contributed by atoms with Crippen LogP contribution in [0.1, 0.15) is 20.3 Å². The van der Waals surface area contributed by atoms with Crippen molar-refractivity contribution in [1.82, 2.24) is 10.2 Å². The van der Waals surface area contributed by atoms with Crippen molar-refractivity contribution in [2.75, 3.05) is 25.0 Å². The molecule has 1 aromatic carbocycles. The highest BCUT2D eigenvalue weighted by molar-refractivity contribution is 6.35. The van der Waals surface area contributed by atoms with Gasteiger partial charge in [0.25, 0.3) is 0 Å². The molecule has 4 nitrogen and oxygen atoms in total. The zero-order valence-corrected chi connectivity index (χ0v) is 15.1. The third kappa shape index (κ3) is 5.94. The Morgan fingerprint density at radius 2 is 1.95 bits per heavy atom. The fourth-order valence-corrected chi connectivity index (χ4v) is 3.03. The number of hydrogen-bond donors (Lipinski definition) is 2. The van der Waals surface area contributed by atoms with Crippen LogP contribution in [0.3, 0.4) is 0 Å². The lowest BCUT2D eigenvalue weighted by Gasteiger charge is -2.36. The first-order valence-corrected chi connectivity index (χ1v) is 7.93. The van der Waals surface area contributed by atoms with Gasteiger partial charge in [-0.1, -0.05) is 23.2 Å². The van der Waals surface area contributed by atoms with E-state index in [1.165, 1.54) is 0 Å². The molecule has 0 radical (unpaired) electrons. The topological polar surface area (TPSA) is 44.4 Å². The van der Waals surface area contributed by atoms with E-state index in [9.17, 15) is 4.79 Å². The molecule has 0 spiro atoms. The van der Waals surface area contributed by atoms with E-state index >= 15 is 0 Å². The number of benzene rings is 1. The molecular formula is C15H22Cl3N3O. The van der Waals surface area contributed by atoms with Crippen LogP contribution >= 0.6 is 35.6 Å². The molecule has 2 atom stereocenters. The molecule has 7 heteroatoms. The van der Waals surface area contributed by atoms with Crippen LogP contribution in [0.5, 0.6) is 0 Å². The van der Waals surface area contributed by atoms with Crippen LogP contribution in [0.2, 0.25) is 10.0 Å². The van der Waals surface area contributed by atoms with E-state index < -0.39 is 0 Å². The molecule has 124 valence electrons. The molecule has 1 aliphatic rings. The van der Waals surface area contributed by atoms with Gasteiger partial charge in [-0.25, -0.2) is 0 Å². The summed E-state index contributed by atoms with van der Waals surface area (Å²) in [5, 5.41) is 7.34. The van der Waals surface area contributed by atoms with Gasteiger partial charge in [-0.15, -0.1) is 12.4 Å². The molecule has 2 unspecified atom stereocenters. The molecule has 2 rings (SSSR count). The standard InChI is InChI=1S/C15H21Cl2N3O.ClH/c1-10-8-20(9-11(2)18-10)6-5-15(21)19-14-7-12(16)3-4-13(14)17;/h3-4,7,10-11,18H,5-6,8-9H2,1-2H3,(H,19,21);1H. The summed E-state index contributed by atoms with van der Waals surface area (Å²) in [5.74, 6) is -0.0435. The smallest absolute Gasteiger partial charge is 0.225 e. The van der Waals surface area contributed by atoms with E-state index in [0.29, 0.717) is 34.2 Å². The first kappa shape index (κ1) is 19.5. The van der Waals surface area contributed by atoms with E-state index in [1.54, 1.807) is 18.2 Å². The quantitative estimate of drug-likeness (QED) is 0.858. The van der Waals surface area contributed by atoms with E-state index in [0.717, 1.165) is 19.6 Å². The molecule has 0 bridgehead atoms. The highest BCUT2D eigenvalue weighted by Crippen LogP contribution is 2.25. The minimum absolute atomic E-state index is 0. The van der Waals surface area contributed by atoms with Crippen molar-refractivity contribution >= 4 is 47.2 Å². The van der Waals surface area contributed by atoms with Gasteiger partial charge in [0, 0.05) is 43.2 Å². The summed E-state index contributed by atoms with van der Waals surface area (Å²) in [7, 11) is 0. The van der Waals surface area contributed by atoms with Crippen molar-refractivity contribution in [2.45, 2.75) is 32.4 Å².